The molecule has 1 aliphatic heterocycles. The Hall–Kier alpha value is -3.47. The molecule has 1 aromatic heterocycles. The lowest BCUT2D eigenvalue weighted by molar-refractivity contribution is -0.118. The quantitative estimate of drug-likeness (QED) is 0.434. The maximum Gasteiger partial charge on any atom is 0.234 e. The number of carbonyl (C=O) groups excluding carboxylic acids is 2. The molecule has 0 bridgehead atoms. The van der Waals surface area contributed by atoms with Crippen LogP contribution in [0.1, 0.15) is 28.1 Å². The number of ketones is 1. The van der Waals surface area contributed by atoms with E-state index in [-0.39, 0.29) is 17.4 Å². The molecule has 7 heteroatoms. The molecule has 1 unspecified atom stereocenters. The summed E-state index contributed by atoms with van der Waals surface area (Å²) in [5.41, 5.74) is 2.35. The van der Waals surface area contributed by atoms with E-state index in [1.165, 1.54) is 23.1 Å². The second-order valence-electron chi connectivity index (χ2n) is 7.49. The van der Waals surface area contributed by atoms with Gasteiger partial charge < -0.3 is 5.32 Å². The number of rotatable bonds is 7. The molecule has 0 saturated carbocycles. The number of hydrogen-bond donors (Lipinski definition) is 1. The molecule has 33 heavy (non-hydrogen) atoms. The van der Waals surface area contributed by atoms with Crippen LogP contribution in [-0.4, -0.2) is 23.2 Å². The minimum absolute atomic E-state index is 0.0325. The molecule has 5 nitrogen and oxygen atoms in total. The van der Waals surface area contributed by atoms with Crippen LogP contribution in [0.2, 0.25) is 0 Å². The van der Waals surface area contributed by atoms with Crippen LogP contribution in [0.3, 0.4) is 0 Å². The number of para-hydroxylation sites is 1. The van der Waals surface area contributed by atoms with E-state index in [4.69, 9.17) is 0 Å². The Balaban J connectivity index is 1.64. The molecule has 3 aromatic rings. The van der Waals surface area contributed by atoms with Crippen molar-refractivity contribution in [2.45, 2.75) is 12.8 Å². The molecule has 164 valence electrons. The van der Waals surface area contributed by atoms with E-state index < -0.39 is 11.8 Å². The molecule has 0 aliphatic carbocycles. The summed E-state index contributed by atoms with van der Waals surface area (Å²) >= 11 is 2.75. The number of anilines is 1. The van der Waals surface area contributed by atoms with Crippen molar-refractivity contribution in [1.29, 1.82) is 5.26 Å². The zero-order chi connectivity index (χ0) is 23.2. The van der Waals surface area contributed by atoms with Crippen molar-refractivity contribution in [2.75, 3.05) is 11.1 Å². The van der Waals surface area contributed by atoms with Crippen LogP contribution >= 0.6 is 23.1 Å². The molecular weight excluding hydrogens is 450 g/mol. The van der Waals surface area contributed by atoms with Crippen LogP contribution in [0.15, 0.2) is 93.8 Å². The summed E-state index contributed by atoms with van der Waals surface area (Å²) in [6.45, 7) is 1.81. The number of benzene rings is 2. The molecule has 1 N–H and O–H groups in total. The SMILES string of the molecule is CC1=NC(SCC(=O)c2ccccc2)=C(C#N)[C@@H](c2cccs2)C1C(=O)Nc1ccccc1. The zero-order valence-corrected chi connectivity index (χ0v) is 19.5. The summed E-state index contributed by atoms with van der Waals surface area (Å²) < 4.78 is 0. The summed E-state index contributed by atoms with van der Waals surface area (Å²) in [5, 5.41) is 15.5. The number of thiophene rings is 1. The van der Waals surface area contributed by atoms with Gasteiger partial charge in [0.1, 0.15) is 5.03 Å². The molecule has 0 saturated heterocycles. The lowest BCUT2D eigenvalue weighted by Gasteiger charge is -2.30. The van der Waals surface area contributed by atoms with Gasteiger partial charge in [-0.25, -0.2) is 4.99 Å². The minimum atomic E-state index is -0.618. The van der Waals surface area contributed by atoms with Crippen molar-refractivity contribution in [3.8, 4) is 6.07 Å². The van der Waals surface area contributed by atoms with Gasteiger partial charge in [-0.1, -0.05) is 66.4 Å². The van der Waals surface area contributed by atoms with Crippen molar-refractivity contribution in [1.82, 2.24) is 0 Å². The van der Waals surface area contributed by atoms with Gasteiger partial charge >= 0.3 is 0 Å². The van der Waals surface area contributed by atoms with Crippen LogP contribution in [0, 0.1) is 17.2 Å². The predicted molar refractivity (Wildman–Crippen MR) is 135 cm³/mol. The summed E-state index contributed by atoms with van der Waals surface area (Å²) in [6.07, 6.45) is 0. The van der Waals surface area contributed by atoms with E-state index in [2.05, 4.69) is 16.4 Å². The highest BCUT2D eigenvalue weighted by Crippen LogP contribution is 2.43. The Kier molecular flexibility index (Phi) is 7.18. The maximum atomic E-state index is 13.3. The predicted octanol–water partition coefficient (Wildman–Crippen LogP) is 5.91. The fraction of sp³-hybridized carbons (Fsp3) is 0.154. The van der Waals surface area contributed by atoms with E-state index in [9.17, 15) is 14.9 Å². The highest BCUT2D eigenvalue weighted by atomic mass is 32.2. The van der Waals surface area contributed by atoms with Crippen LogP contribution in [0.4, 0.5) is 5.69 Å². The second kappa shape index (κ2) is 10.4. The topological polar surface area (TPSA) is 82.3 Å². The van der Waals surface area contributed by atoms with Gasteiger partial charge in [0.15, 0.2) is 5.78 Å². The number of hydrogen-bond acceptors (Lipinski definition) is 6. The fourth-order valence-electron chi connectivity index (χ4n) is 3.76. The first-order valence-electron chi connectivity index (χ1n) is 10.4. The van der Waals surface area contributed by atoms with E-state index in [1.807, 2.05) is 73.0 Å². The lowest BCUT2D eigenvalue weighted by atomic mass is 9.80. The van der Waals surface area contributed by atoms with Gasteiger partial charge in [0.2, 0.25) is 5.91 Å². The van der Waals surface area contributed by atoms with E-state index >= 15 is 0 Å². The summed E-state index contributed by atoms with van der Waals surface area (Å²) in [5.74, 6) is -1.15. The third-order valence-corrected chi connectivity index (χ3v) is 7.28. The van der Waals surface area contributed by atoms with Crippen molar-refractivity contribution >= 4 is 46.2 Å². The number of thioether (sulfide) groups is 1. The summed E-state index contributed by atoms with van der Waals surface area (Å²) in [6, 6.07) is 24.4. The number of allylic oxidation sites excluding steroid dienone is 1. The van der Waals surface area contributed by atoms with Gasteiger partial charge in [0, 0.05) is 27.8 Å². The molecule has 2 atom stereocenters. The average Bonchev–Trinajstić information content (AvgIpc) is 3.37. The maximum absolute atomic E-state index is 13.3. The molecular formula is C26H21N3O2S2. The lowest BCUT2D eigenvalue weighted by Crippen LogP contribution is -2.36. The Bertz CT molecular complexity index is 1240. The Morgan fingerprint density at radius 3 is 2.39 bits per heavy atom. The van der Waals surface area contributed by atoms with Gasteiger partial charge in [-0.15, -0.1) is 11.3 Å². The summed E-state index contributed by atoms with van der Waals surface area (Å²) in [4.78, 5) is 31.5. The standard InChI is InChI=1S/C26H21N3O2S2/c1-17-23(25(31)29-19-11-6-3-7-12-19)24(22-13-8-14-32-22)20(15-27)26(28-17)33-16-21(30)18-9-4-2-5-10-18/h2-14,23-24H,16H2,1H3,(H,29,31)/t23?,24-/m0/s1. The number of carbonyl (C=O) groups is 2. The smallest absolute Gasteiger partial charge is 0.234 e. The number of nitrogens with zero attached hydrogens (tertiary/aromatic N) is 2. The average molecular weight is 472 g/mol. The molecule has 0 radical (unpaired) electrons. The number of aliphatic imine (C=N–C) groups is 1. The Labute approximate surface area is 200 Å². The molecule has 4 rings (SSSR count). The Morgan fingerprint density at radius 2 is 1.76 bits per heavy atom. The van der Waals surface area contributed by atoms with E-state index in [1.54, 1.807) is 12.1 Å². The van der Waals surface area contributed by atoms with Gasteiger partial charge in [0.05, 0.1) is 23.3 Å². The van der Waals surface area contributed by atoms with Gasteiger partial charge in [-0.2, -0.15) is 5.26 Å². The number of nitrogens with one attached hydrogen (secondary N) is 1. The first-order chi connectivity index (χ1) is 16.1. The third kappa shape index (κ3) is 5.14. The van der Waals surface area contributed by atoms with Crippen molar-refractivity contribution in [2.24, 2.45) is 10.9 Å². The molecule has 1 amide bonds. The molecule has 1 aliphatic rings. The molecule has 2 aromatic carbocycles. The number of nitriles is 1. The first kappa shape index (κ1) is 22.7. The minimum Gasteiger partial charge on any atom is -0.325 e. The second-order valence-corrected chi connectivity index (χ2v) is 9.43. The normalized spacial score (nSPS) is 17.8. The van der Waals surface area contributed by atoms with Crippen molar-refractivity contribution in [3.63, 3.8) is 0 Å². The fourth-order valence-corrected chi connectivity index (χ4v) is 5.60. The number of Topliss-reactive ketones (excluding diaryl/α,β-unsaturated/α-hetero) is 1. The van der Waals surface area contributed by atoms with Crippen molar-refractivity contribution < 1.29 is 9.59 Å². The number of amides is 1. The van der Waals surface area contributed by atoms with Crippen LogP contribution in [0.25, 0.3) is 0 Å². The molecule has 2 heterocycles. The largest absolute Gasteiger partial charge is 0.325 e. The van der Waals surface area contributed by atoms with Crippen LogP contribution in [0.5, 0.6) is 0 Å². The van der Waals surface area contributed by atoms with Crippen LogP contribution in [-0.2, 0) is 4.79 Å². The van der Waals surface area contributed by atoms with Gasteiger partial charge in [0.25, 0.3) is 0 Å². The van der Waals surface area contributed by atoms with Gasteiger partial charge in [-0.3, -0.25) is 9.59 Å². The van der Waals surface area contributed by atoms with E-state index in [0.29, 0.717) is 27.6 Å². The monoisotopic (exact) mass is 471 g/mol. The van der Waals surface area contributed by atoms with Crippen LogP contribution < -0.4 is 5.32 Å². The first-order valence-corrected chi connectivity index (χ1v) is 12.2. The van der Waals surface area contributed by atoms with E-state index in [0.717, 1.165) is 4.88 Å². The highest BCUT2D eigenvalue weighted by Gasteiger charge is 2.40. The third-order valence-electron chi connectivity index (χ3n) is 5.33. The molecule has 0 spiro atoms. The van der Waals surface area contributed by atoms with Gasteiger partial charge in [-0.05, 0) is 30.5 Å². The highest BCUT2D eigenvalue weighted by molar-refractivity contribution is 8.03. The Morgan fingerprint density at radius 1 is 1.06 bits per heavy atom. The van der Waals surface area contributed by atoms with Crippen molar-refractivity contribution in [3.05, 3.63) is 99.2 Å². The summed E-state index contributed by atoms with van der Waals surface area (Å²) in [7, 11) is 0. The zero-order valence-electron chi connectivity index (χ0n) is 17.9. The molecule has 0 fully saturated rings.